The van der Waals surface area contributed by atoms with Gasteiger partial charge in [0, 0.05) is 6.54 Å². The lowest BCUT2D eigenvalue weighted by atomic mass is 10.0. The van der Waals surface area contributed by atoms with Crippen molar-refractivity contribution in [3.63, 3.8) is 0 Å². The van der Waals surface area contributed by atoms with E-state index in [0.29, 0.717) is 6.54 Å². The normalized spacial score (nSPS) is 11.7. The number of aromatic nitrogens is 3. The van der Waals surface area contributed by atoms with Gasteiger partial charge >= 0.3 is 5.69 Å². The molecule has 0 saturated heterocycles. The number of benzene rings is 1. The molecule has 0 saturated carbocycles. The van der Waals surface area contributed by atoms with Gasteiger partial charge in [-0.3, -0.25) is 9.56 Å². The minimum atomic E-state index is -0.394. The Hall–Kier alpha value is -2.50. The summed E-state index contributed by atoms with van der Waals surface area (Å²) in [6.45, 7) is 6.50. The summed E-state index contributed by atoms with van der Waals surface area (Å²) >= 11 is 0. The van der Waals surface area contributed by atoms with Crippen molar-refractivity contribution in [2.75, 3.05) is 6.54 Å². The van der Waals surface area contributed by atoms with Gasteiger partial charge in [-0.1, -0.05) is 32.0 Å². The fourth-order valence-electron chi connectivity index (χ4n) is 2.38. The highest BCUT2D eigenvalue weighted by atomic mass is 16.1. The van der Waals surface area contributed by atoms with Gasteiger partial charge in [-0.05, 0) is 30.9 Å². The summed E-state index contributed by atoms with van der Waals surface area (Å²) in [6.07, 6.45) is 3.14. The Morgan fingerprint density at radius 1 is 1.23 bits per heavy atom. The molecule has 2 N–H and O–H groups in total. The highest BCUT2D eigenvalue weighted by Crippen LogP contribution is 2.19. The smallest absolute Gasteiger partial charge is 0.355 e. The number of amidine groups is 1. The first-order chi connectivity index (χ1) is 10.6. The summed E-state index contributed by atoms with van der Waals surface area (Å²) in [4.78, 5) is 24.6. The lowest BCUT2D eigenvalue weighted by Crippen LogP contribution is -2.29. The van der Waals surface area contributed by atoms with E-state index in [9.17, 15) is 4.79 Å². The zero-order chi connectivity index (χ0) is 16.1. The quantitative estimate of drug-likeness (QED) is 0.669. The van der Waals surface area contributed by atoms with E-state index in [1.807, 2.05) is 25.1 Å². The van der Waals surface area contributed by atoms with Crippen molar-refractivity contribution in [1.82, 2.24) is 14.5 Å². The Labute approximate surface area is 129 Å². The number of hydrogen-bond donors (Lipinski definition) is 1. The minimum Gasteiger partial charge on any atom is -0.381 e. The molecule has 1 aromatic carbocycles. The van der Waals surface area contributed by atoms with Crippen LogP contribution in [0.15, 0.2) is 34.3 Å². The number of aryl methyl sites for hydroxylation is 2. The third-order valence-corrected chi connectivity index (χ3v) is 3.47. The van der Waals surface area contributed by atoms with Crippen molar-refractivity contribution in [3.8, 4) is 5.69 Å². The van der Waals surface area contributed by atoms with E-state index in [4.69, 9.17) is 5.73 Å². The largest absolute Gasteiger partial charge is 0.381 e. The Morgan fingerprint density at radius 2 is 1.86 bits per heavy atom. The van der Waals surface area contributed by atoms with Crippen LogP contribution in [0.4, 0.5) is 0 Å². The van der Waals surface area contributed by atoms with E-state index in [1.165, 1.54) is 10.9 Å². The Morgan fingerprint density at radius 3 is 2.36 bits per heavy atom. The predicted molar refractivity (Wildman–Crippen MR) is 87.7 cm³/mol. The van der Waals surface area contributed by atoms with Crippen molar-refractivity contribution in [2.45, 2.75) is 33.6 Å². The van der Waals surface area contributed by atoms with Crippen LogP contribution >= 0.6 is 0 Å². The molecule has 0 fully saturated rings. The molecule has 1 heterocycles. The lowest BCUT2D eigenvalue weighted by molar-refractivity contribution is 0.824. The highest BCUT2D eigenvalue weighted by Gasteiger charge is 2.12. The molecule has 0 aliphatic carbocycles. The molecule has 0 aliphatic rings. The first-order valence-corrected chi connectivity index (χ1v) is 7.49. The predicted octanol–water partition coefficient (Wildman–Crippen LogP) is 1.48. The maximum Gasteiger partial charge on any atom is 0.355 e. The molecule has 2 rings (SSSR count). The topological polar surface area (TPSA) is 86.2 Å². The summed E-state index contributed by atoms with van der Waals surface area (Å²) < 4.78 is 1.49. The van der Waals surface area contributed by atoms with Crippen LogP contribution < -0.4 is 11.4 Å². The number of nitrogens with two attached hydrogens (primary N) is 1. The molecular formula is C16H21N5O. The number of nitrogens with zero attached hydrogens (tertiary/aromatic N) is 4. The standard InChI is InChI=1S/C16H21N5O/c1-4-11-8-7-9-12(5-2)13(11)21-10-19-15(20-16(21)22)14(17)18-6-3/h7-10H,4-6H2,1-3H3,(H2,17,18). The molecule has 1 aromatic heterocycles. The number of aliphatic imine (C=N–C) groups is 1. The second-order valence-corrected chi connectivity index (χ2v) is 4.82. The highest BCUT2D eigenvalue weighted by molar-refractivity contribution is 5.93. The second-order valence-electron chi connectivity index (χ2n) is 4.82. The number of rotatable bonds is 5. The van der Waals surface area contributed by atoms with Gasteiger partial charge in [0.1, 0.15) is 6.33 Å². The van der Waals surface area contributed by atoms with Crippen LogP contribution in [0, 0.1) is 0 Å². The Balaban J connectivity index is 2.60. The molecular weight excluding hydrogens is 278 g/mol. The van der Waals surface area contributed by atoms with E-state index in [2.05, 4.69) is 28.8 Å². The number of hydrogen-bond acceptors (Lipinski definition) is 4. The van der Waals surface area contributed by atoms with Crippen LogP contribution in [-0.4, -0.2) is 26.9 Å². The van der Waals surface area contributed by atoms with Crippen LogP contribution in [0.2, 0.25) is 0 Å². The van der Waals surface area contributed by atoms with Crippen molar-refractivity contribution >= 4 is 5.84 Å². The van der Waals surface area contributed by atoms with Crippen LogP contribution in [0.25, 0.3) is 5.69 Å². The van der Waals surface area contributed by atoms with Crippen molar-refractivity contribution in [3.05, 3.63) is 52.0 Å². The minimum absolute atomic E-state index is 0.176. The number of para-hydroxylation sites is 1. The molecule has 0 atom stereocenters. The lowest BCUT2D eigenvalue weighted by Gasteiger charge is -2.14. The average Bonchev–Trinajstić information content (AvgIpc) is 2.54. The molecule has 6 heteroatoms. The summed E-state index contributed by atoms with van der Waals surface area (Å²) in [5, 5.41) is 0. The van der Waals surface area contributed by atoms with E-state index in [0.717, 1.165) is 29.7 Å². The van der Waals surface area contributed by atoms with Gasteiger partial charge in [-0.25, -0.2) is 9.78 Å². The van der Waals surface area contributed by atoms with Gasteiger partial charge in [0.15, 0.2) is 5.84 Å². The summed E-state index contributed by atoms with van der Waals surface area (Å²) in [5.74, 6) is 0.362. The molecule has 22 heavy (non-hydrogen) atoms. The molecule has 0 spiro atoms. The van der Waals surface area contributed by atoms with E-state index in [1.54, 1.807) is 0 Å². The molecule has 0 radical (unpaired) electrons. The van der Waals surface area contributed by atoms with Crippen LogP contribution in [0.3, 0.4) is 0 Å². The van der Waals surface area contributed by atoms with E-state index < -0.39 is 5.69 Å². The van der Waals surface area contributed by atoms with Gasteiger partial charge in [0.2, 0.25) is 5.82 Å². The molecule has 116 valence electrons. The fourth-order valence-corrected chi connectivity index (χ4v) is 2.38. The summed E-state index contributed by atoms with van der Waals surface area (Å²) in [6, 6.07) is 6.04. The Kier molecular flexibility index (Phi) is 5.04. The van der Waals surface area contributed by atoms with E-state index >= 15 is 0 Å². The SMILES string of the molecule is CCN=C(N)c1ncn(-c2c(CC)cccc2CC)c(=O)n1. The fraction of sp³-hybridized carbons (Fsp3) is 0.375. The third kappa shape index (κ3) is 3.05. The van der Waals surface area contributed by atoms with E-state index in [-0.39, 0.29) is 11.7 Å². The van der Waals surface area contributed by atoms with Gasteiger partial charge < -0.3 is 5.73 Å². The zero-order valence-corrected chi connectivity index (χ0v) is 13.2. The summed E-state index contributed by atoms with van der Waals surface area (Å²) in [5.41, 5.74) is 8.41. The molecule has 0 amide bonds. The van der Waals surface area contributed by atoms with Gasteiger partial charge in [0.25, 0.3) is 0 Å². The third-order valence-electron chi connectivity index (χ3n) is 3.47. The zero-order valence-electron chi connectivity index (χ0n) is 13.2. The molecule has 0 bridgehead atoms. The van der Waals surface area contributed by atoms with Crippen LogP contribution in [-0.2, 0) is 12.8 Å². The van der Waals surface area contributed by atoms with Crippen molar-refractivity contribution in [1.29, 1.82) is 0 Å². The van der Waals surface area contributed by atoms with Crippen LogP contribution in [0.5, 0.6) is 0 Å². The first kappa shape index (κ1) is 15.9. The molecule has 0 unspecified atom stereocenters. The van der Waals surface area contributed by atoms with Crippen LogP contribution in [0.1, 0.15) is 37.7 Å². The average molecular weight is 299 g/mol. The maximum atomic E-state index is 12.4. The maximum absolute atomic E-state index is 12.4. The van der Waals surface area contributed by atoms with Crippen molar-refractivity contribution in [2.24, 2.45) is 10.7 Å². The Bertz CT molecular complexity index is 726. The van der Waals surface area contributed by atoms with Gasteiger partial charge in [-0.2, -0.15) is 4.98 Å². The molecule has 2 aromatic rings. The van der Waals surface area contributed by atoms with Gasteiger partial charge in [0.05, 0.1) is 5.69 Å². The monoisotopic (exact) mass is 299 g/mol. The van der Waals surface area contributed by atoms with Gasteiger partial charge in [-0.15, -0.1) is 0 Å². The summed E-state index contributed by atoms with van der Waals surface area (Å²) in [7, 11) is 0. The molecule has 0 aliphatic heterocycles. The second kappa shape index (κ2) is 6.98. The first-order valence-electron chi connectivity index (χ1n) is 7.49. The van der Waals surface area contributed by atoms with Crippen molar-refractivity contribution < 1.29 is 0 Å². The molecule has 6 nitrogen and oxygen atoms in total.